The summed E-state index contributed by atoms with van der Waals surface area (Å²) in [6.45, 7) is 2.06. The fourth-order valence-corrected chi connectivity index (χ4v) is 1.75. The molecule has 0 aromatic heterocycles. The lowest BCUT2D eigenvalue weighted by atomic mass is 10.6. The molecule has 0 aliphatic carbocycles. The van der Waals surface area contributed by atoms with Crippen molar-refractivity contribution in [3.05, 3.63) is 0 Å². The Balaban J connectivity index is 4.15. The molecule has 0 atom stereocenters. The molecule has 0 saturated heterocycles. The van der Waals surface area contributed by atoms with E-state index in [1.807, 2.05) is 4.72 Å². The van der Waals surface area contributed by atoms with Gasteiger partial charge in [-0.3, -0.25) is 0 Å². The normalized spacial score (nSPS) is 13.2. The summed E-state index contributed by atoms with van der Waals surface area (Å²) in [7, 11) is -4.23. The van der Waals surface area contributed by atoms with Crippen LogP contribution in [0.2, 0.25) is 0 Å². The molecule has 0 radical (unpaired) electrons. The van der Waals surface area contributed by atoms with Crippen LogP contribution in [0.1, 0.15) is 13.8 Å². The molecule has 0 spiro atoms. The highest BCUT2D eigenvalue weighted by atomic mass is 32.2. The van der Waals surface area contributed by atoms with Crippen LogP contribution in [-0.2, 0) is 19.7 Å². The van der Waals surface area contributed by atoms with Gasteiger partial charge in [-0.25, -0.2) is 0 Å². The van der Waals surface area contributed by atoms with Gasteiger partial charge in [-0.1, -0.05) is 0 Å². The van der Waals surface area contributed by atoms with Gasteiger partial charge in [-0.15, -0.1) is 0 Å². The maximum absolute atomic E-state index is 11.8. The molecule has 2 N–H and O–H groups in total. The van der Waals surface area contributed by atoms with Gasteiger partial charge in [-0.2, -0.15) is 31.0 Å². The van der Waals surface area contributed by atoms with Crippen LogP contribution in [0.5, 0.6) is 0 Å². The lowest BCUT2D eigenvalue weighted by molar-refractivity contribution is -0.130. The van der Waals surface area contributed by atoms with Crippen LogP contribution in [0.4, 0.5) is 13.2 Å². The number of hydrogen-bond donors (Lipinski definition) is 2. The van der Waals surface area contributed by atoms with Crippen LogP contribution in [0, 0.1) is 0 Å². The van der Waals surface area contributed by atoms with Crippen LogP contribution in [-0.4, -0.2) is 47.2 Å². The van der Waals surface area contributed by atoms with Gasteiger partial charge in [0, 0.05) is 13.2 Å². The minimum atomic E-state index is -4.60. The molecule has 0 unspecified atom stereocenters. The largest absolute Gasteiger partial charge is 0.402 e. The molecule has 0 aromatic carbocycles. The maximum atomic E-state index is 11.8. The molecular formula is C8H17F3N2O4S. The molecule has 0 aliphatic rings. The molecule has 0 aromatic rings. The van der Waals surface area contributed by atoms with Gasteiger partial charge in [0.25, 0.3) is 10.2 Å². The van der Waals surface area contributed by atoms with Crippen molar-refractivity contribution in [1.29, 1.82) is 0 Å². The lowest BCUT2D eigenvalue weighted by Gasteiger charge is -2.17. The predicted molar refractivity (Wildman–Crippen MR) is 58.0 cm³/mol. The molecule has 0 saturated carbocycles. The molecule has 110 valence electrons. The number of rotatable bonds is 9. The van der Waals surface area contributed by atoms with Gasteiger partial charge in [0.15, 0.2) is 6.29 Å². The van der Waals surface area contributed by atoms with Crippen molar-refractivity contribution in [3.63, 3.8) is 0 Å². The van der Waals surface area contributed by atoms with Gasteiger partial charge in [0.05, 0.1) is 6.54 Å². The quantitative estimate of drug-likeness (QED) is 0.602. The van der Waals surface area contributed by atoms with E-state index < -0.39 is 29.2 Å². The van der Waals surface area contributed by atoms with Gasteiger partial charge >= 0.3 is 6.18 Å². The monoisotopic (exact) mass is 294 g/mol. The van der Waals surface area contributed by atoms with Crippen LogP contribution >= 0.6 is 0 Å². The van der Waals surface area contributed by atoms with E-state index in [-0.39, 0.29) is 6.54 Å². The predicted octanol–water partition coefficient (Wildman–Crippen LogP) is 0.372. The van der Waals surface area contributed by atoms with E-state index in [4.69, 9.17) is 9.47 Å². The average molecular weight is 294 g/mol. The topological polar surface area (TPSA) is 76.7 Å². The third kappa shape index (κ3) is 9.59. The fourth-order valence-electron chi connectivity index (χ4n) is 0.943. The highest BCUT2D eigenvalue weighted by Crippen LogP contribution is 2.12. The Morgan fingerprint density at radius 1 is 1.11 bits per heavy atom. The Hall–Kier alpha value is -0.420. The first kappa shape index (κ1) is 17.6. The molecule has 0 aliphatic heterocycles. The summed E-state index contributed by atoms with van der Waals surface area (Å²) in [4.78, 5) is 0. The van der Waals surface area contributed by atoms with Crippen molar-refractivity contribution < 1.29 is 31.1 Å². The van der Waals surface area contributed by atoms with Gasteiger partial charge in [0.2, 0.25) is 0 Å². The molecular weight excluding hydrogens is 277 g/mol. The van der Waals surface area contributed by atoms with Crippen molar-refractivity contribution in [3.8, 4) is 0 Å². The molecule has 0 bridgehead atoms. The summed E-state index contributed by atoms with van der Waals surface area (Å²) < 4.78 is 71.1. The van der Waals surface area contributed by atoms with Crippen molar-refractivity contribution in [2.45, 2.75) is 26.3 Å². The van der Waals surface area contributed by atoms with Crippen molar-refractivity contribution in [2.75, 3.05) is 26.3 Å². The SMILES string of the molecule is CCOC(CNS(=O)(=O)NCC(F)(F)F)OCC. The first-order valence-corrected chi connectivity index (χ1v) is 6.72. The summed E-state index contributed by atoms with van der Waals surface area (Å²) in [6, 6.07) is 0. The lowest BCUT2D eigenvalue weighted by Crippen LogP contribution is -2.44. The van der Waals surface area contributed by atoms with Gasteiger partial charge < -0.3 is 9.47 Å². The first-order valence-electron chi connectivity index (χ1n) is 5.24. The third-order valence-electron chi connectivity index (χ3n) is 1.61. The molecule has 0 rings (SSSR count). The molecule has 0 amide bonds. The Bertz CT molecular complexity index is 315. The first-order chi connectivity index (χ1) is 8.20. The summed E-state index contributed by atoms with van der Waals surface area (Å²) in [5.41, 5.74) is 0. The number of nitrogens with one attached hydrogen (secondary N) is 2. The summed E-state index contributed by atoms with van der Waals surface area (Å²) >= 11 is 0. The number of halogens is 3. The number of alkyl halides is 3. The fraction of sp³-hybridized carbons (Fsp3) is 1.00. The smallest absolute Gasteiger partial charge is 0.352 e. The molecule has 0 fully saturated rings. The second kappa shape index (κ2) is 7.89. The second-order valence-corrected chi connectivity index (χ2v) is 4.71. The van der Waals surface area contributed by atoms with Crippen molar-refractivity contribution >= 4 is 10.2 Å². The van der Waals surface area contributed by atoms with Gasteiger partial charge in [0.1, 0.15) is 6.54 Å². The van der Waals surface area contributed by atoms with E-state index in [1.54, 1.807) is 13.8 Å². The number of hydrogen-bond acceptors (Lipinski definition) is 4. The zero-order valence-corrected chi connectivity index (χ0v) is 10.9. The van der Waals surface area contributed by atoms with E-state index in [0.29, 0.717) is 13.2 Å². The van der Waals surface area contributed by atoms with E-state index >= 15 is 0 Å². The molecule has 0 heterocycles. The zero-order valence-electron chi connectivity index (χ0n) is 10.1. The average Bonchev–Trinajstić information content (AvgIpc) is 2.23. The van der Waals surface area contributed by atoms with E-state index in [2.05, 4.69) is 0 Å². The molecule has 10 heteroatoms. The van der Waals surface area contributed by atoms with Crippen molar-refractivity contribution in [2.24, 2.45) is 0 Å². The minimum Gasteiger partial charge on any atom is -0.352 e. The van der Waals surface area contributed by atoms with E-state index in [1.165, 1.54) is 4.72 Å². The summed E-state index contributed by atoms with van der Waals surface area (Å²) in [5, 5.41) is 0. The Morgan fingerprint density at radius 3 is 2.00 bits per heavy atom. The molecule has 6 nitrogen and oxygen atoms in total. The number of ether oxygens (including phenoxy) is 2. The van der Waals surface area contributed by atoms with Crippen LogP contribution in [0.25, 0.3) is 0 Å². The Kier molecular flexibility index (Phi) is 7.71. The summed E-state index contributed by atoms with van der Waals surface area (Å²) in [6.07, 6.45) is -5.43. The van der Waals surface area contributed by atoms with E-state index in [0.717, 1.165) is 0 Å². The zero-order chi connectivity index (χ0) is 14.2. The third-order valence-corrected chi connectivity index (χ3v) is 2.68. The maximum Gasteiger partial charge on any atom is 0.402 e. The minimum absolute atomic E-state index is 0.269. The molecule has 18 heavy (non-hydrogen) atoms. The van der Waals surface area contributed by atoms with E-state index in [9.17, 15) is 21.6 Å². The standard InChI is InChI=1S/C8H17F3N2O4S/c1-3-16-7(17-4-2)5-12-18(14,15)13-6-8(9,10)11/h7,12-13H,3-6H2,1-2H3. The van der Waals surface area contributed by atoms with Crippen molar-refractivity contribution in [1.82, 2.24) is 9.44 Å². The van der Waals surface area contributed by atoms with Crippen LogP contribution in [0.15, 0.2) is 0 Å². The second-order valence-electron chi connectivity index (χ2n) is 3.13. The van der Waals surface area contributed by atoms with Crippen LogP contribution < -0.4 is 9.44 Å². The highest BCUT2D eigenvalue weighted by Gasteiger charge is 2.29. The Morgan fingerprint density at radius 2 is 1.61 bits per heavy atom. The van der Waals surface area contributed by atoms with Gasteiger partial charge in [-0.05, 0) is 13.8 Å². The highest BCUT2D eigenvalue weighted by molar-refractivity contribution is 7.87. The van der Waals surface area contributed by atoms with Crippen LogP contribution in [0.3, 0.4) is 0 Å². The summed E-state index contributed by atoms with van der Waals surface area (Å²) in [5.74, 6) is 0. The Labute approximate surface area is 104 Å².